The molecular formula is C46H51N21O3. The van der Waals surface area contributed by atoms with Gasteiger partial charge < -0.3 is 32.7 Å². The van der Waals surface area contributed by atoms with Crippen molar-refractivity contribution in [1.29, 1.82) is 16.7 Å². The number of ketones is 1. The second kappa shape index (κ2) is 25.8. The molecule has 0 radical (unpaired) electrons. The van der Waals surface area contributed by atoms with Gasteiger partial charge in [-0.05, 0) is 74.5 Å². The summed E-state index contributed by atoms with van der Waals surface area (Å²) in [6, 6.07) is 38.1. The summed E-state index contributed by atoms with van der Waals surface area (Å²) < 4.78 is 0. The summed E-state index contributed by atoms with van der Waals surface area (Å²) in [7, 11) is 3.99. The molecule has 0 amide bonds. The third-order valence-electron chi connectivity index (χ3n) is 9.29. The van der Waals surface area contributed by atoms with Gasteiger partial charge in [0.1, 0.15) is 40.7 Å². The van der Waals surface area contributed by atoms with Crippen molar-refractivity contribution >= 4 is 95.3 Å². The van der Waals surface area contributed by atoms with Crippen LogP contribution in [0.4, 0.5) is 35.0 Å². The topological polar surface area (TPSA) is 415 Å². The van der Waals surface area contributed by atoms with Crippen LogP contribution in [0.2, 0.25) is 0 Å². The molecule has 5 heterocycles. The van der Waals surface area contributed by atoms with Gasteiger partial charge in [0, 0.05) is 48.0 Å². The molecule has 0 fully saturated rings. The number of hydrogen-bond donors (Lipinski definition) is 10. The number of carbonyl (C=O) groups excluding carboxylic acids is 1. The number of hydrogen-bond acceptors (Lipinski definition) is 24. The molecule has 0 atom stereocenters. The number of anilines is 6. The maximum atomic E-state index is 11.1. The minimum absolute atomic E-state index is 0.0798. The average molecular weight is 946 g/mol. The van der Waals surface area contributed by atoms with E-state index in [0.29, 0.717) is 40.6 Å². The van der Waals surface area contributed by atoms with Gasteiger partial charge in [0.25, 0.3) is 0 Å². The second-order valence-electron chi connectivity index (χ2n) is 14.3. The van der Waals surface area contributed by atoms with E-state index in [4.69, 9.17) is 50.6 Å². The van der Waals surface area contributed by atoms with Gasteiger partial charge in [0.15, 0.2) is 11.6 Å². The van der Waals surface area contributed by atoms with Gasteiger partial charge in [-0.3, -0.25) is 10.2 Å². The van der Waals surface area contributed by atoms with Crippen molar-refractivity contribution in [3.63, 3.8) is 0 Å². The number of benzene rings is 5. The Morgan fingerprint density at radius 3 is 1.30 bits per heavy atom. The second-order valence-corrected chi connectivity index (χ2v) is 14.3. The quantitative estimate of drug-likeness (QED) is 0.0284. The number of nitroso groups, excluding NO2 is 1. The molecule has 5 aromatic carbocycles. The third kappa shape index (κ3) is 13.9. The Bertz CT molecular complexity index is 3260. The standard InChI is InChI=1S/C11H13N3.C10H9N3O.C9H9N3.C8H9N5.C8H8N4O.H2N2.HNO/c1-8-12-10-7-5-4-6-9(10)11(13-8)14(2)3;1-6(14)10-12-8-5-3-2-4-7(8)9(11)13-10;1-6-11-8-5-3-2-4-7(8)9(10)12-6;2*9-7-5-3-1-2-4-6(5)11-8(12-7)13-10;2*1-2/h4-7H,1-3H3;2-5H,1H3,(H2,11,12,13);2-5H,1H3,(H2,10,11,12);1-4H,10H2,(H3,9,11,12,13);1-4H,10H2,(H2,9,11,12);1-2H;1H. The van der Waals surface area contributed by atoms with E-state index in [1.54, 1.807) is 6.07 Å². The monoisotopic (exact) mass is 945 g/mol. The number of para-hydroxylation sites is 5. The molecular weight excluding hydrogens is 895 g/mol. The Morgan fingerprint density at radius 1 is 0.500 bits per heavy atom. The van der Waals surface area contributed by atoms with Crippen LogP contribution in [-0.4, -0.2) is 69.7 Å². The van der Waals surface area contributed by atoms with Crippen LogP contribution in [-0.2, 0) is 0 Å². The predicted octanol–water partition coefficient (Wildman–Crippen LogP) is 6.83. The molecule has 0 bridgehead atoms. The molecule has 0 saturated heterocycles. The fourth-order valence-corrected chi connectivity index (χ4v) is 6.29. The first kappa shape index (κ1) is 52.8. The summed E-state index contributed by atoms with van der Waals surface area (Å²) in [5.41, 5.74) is 43.7. The lowest BCUT2D eigenvalue weighted by Crippen LogP contribution is -2.12. The van der Waals surface area contributed by atoms with E-state index >= 15 is 0 Å². The highest BCUT2D eigenvalue weighted by atomic mass is 16.6. The van der Waals surface area contributed by atoms with Crippen molar-refractivity contribution in [3.8, 4) is 6.01 Å². The maximum Gasteiger partial charge on any atom is 0.338 e. The van der Waals surface area contributed by atoms with Crippen LogP contribution >= 0.6 is 0 Å². The Labute approximate surface area is 400 Å². The van der Waals surface area contributed by atoms with Gasteiger partial charge in [-0.1, -0.05) is 66.3 Å². The van der Waals surface area contributed by atoms with Gasteiger partial charge in [0.05, 0.1) is 27.6 Å². The molecule has 16 N–H and O–H groups in total. The van der Waals surface area contributed by atoms with Crippen molar-refractivity contribution in [2.75, 3.05) is 47.4 Å². The Hall–Kier alpha value is -9.81. The average Bonchev–Trinajstić information content (AvgIpc) is 3.38. The minimum Gasteiger partial charge on any atom is -0.383 e. The molecule has 24 nitrogen and oxygen atoms in total. The van der Waals surface area contributed by atoms with Crippen LogP contribution in [0.3, 0.4) is 0 Å². The summed E-state index contributed by atoms with van der Waals surface area (Å²) >= 11 is 0. The number of nitrogens with two attached hydrogens (primary N) is 6. The number of fused-ring (bicyclic) bond motifs is 5. The number of carbonyl (C=O) groups is 1. The predicted molar refractivity (Wildman–Crippen MR) is 273 cm³/mol. The highest BCUT2D eigenvalue weighted by Crippen LogP contribution is 2.23. The molecule has 0 aliphatic heterocycles. The molecule has 0 aliphatic rings. The van der Waals surface area contributed by atoms with E-state index in [1.807, 2.05) is 148 Å². The first-order chi connectivity index (χ1) is 33.8. The van der Waals surface area contributed by atoms with Crippen LogP contribution in [0.15, 0.2) is 121 Å². The molecule has 24 heteroatoms. The minimum atomic E-state index is -0.178. The Morgan fingerprint density at radius 2 is 0.857 bits per heavy atom. The number of nitrogen functional groups attached to an aromatic ring is 5. The molecule has 0 aliphatic carbocycles. The van der Waals surface area contributed by atoms with Crippen molar-refractivity contribution in [2.24, 2.45) is 11.7 Å². The summed E-state index contributed by atoms with van der Waals surface area (Å²) in [6.45, 7) is 5.17. The van der Waals surface area contributed by atoms with Gasteiger partial charge in [0.2, 0.25) is 5.95 Å². The van der Waals surface area contributed by atoms with E-state index in [9.17, 15) is 4.79 Å². The van der Waals surface area contributed by atoms with Gasteiger partial charge in [-0.15, -0.1) is 0 Å². The smallest absolute Gasteiger partial charge is 0.338 e. The number of Topliss-reactive ketones (excluding diaryl/α,β-unsaturated/α-hetero) is 1. The summed E-state index contributed by atoms with van der Waals surface area (Å²) in [4.78, 5) is 66.0. The van der Waals surface area contributed by atoms with Crippen molar-refractivity contribution in [3.05, 3.63) is 144 Å². The zero-order valence-corrected chi connectivity index (χ0v) is 38.7. The van der Waals surface area contributed by atoms with Crippen LogP contribution in [0.5, 0.6) is 6.01 Å². The number of aromatic nitrogens is 10. The van der Waals surface area contributed by atoms with Crippen molar-refractivity contribution < 1.29 is 9.63 Å². The fraction of sp³-hybridized carbons (Fsp3) is 0.109. The lowest BCUT2D eigenvalue weighted by Gasteiger charge is -2.14. The normalized spacial score (nSPS) is 9.87. The van der Waals surface area contributed by atoms with E-state index in [2.05, 4.69) is 65.7 Å². The van der Waals surface area contributed by atoms with Crippen LogP contribution in [0.1, 0.15) is 29.2 Å². The van der Waals surface area contributed by atoms with Crippen molar-refractivity contribution in [1.82, 2.24) is 49.8 Å². The van der Waals surface area contributed by atoms with Crippen molar-refractivity contribution in [2.45, 2.75) is 20.8 Å². The maximum absolute atomic E-state index is 11.1. The third-order valence-corrected chi connectivity index (χ3v) is 9.29. The van der Waals surface area contributed by atoms with Crippen LogP contribution in [0, 0.1) is 35.4 Å². The van der Waals surface area contributed by atoms with Crippen LogP contribution < -0.4 is 49.8 Å². The Balaban J connectivity index is 0.000000187. The highest BCUT2D eigenvalue weighted by molar-refractivity contribution is 5.96. The lowest BCUT2D eigenvalue weighted by atomic mass is 10.2. The fourth-order valence-electron chi connectivity index (χ4n) is 6.29. The number of nitrogens with one attached hydrogen (secondary N) is 4. The van der Waals surface area contributed by atoms with E-state index < -0.39 is 0 Å². The number of hydrazine groups is 1. The number of aryl methyl sites for hydroxylation is 2. The summed E-state index contributed by atoms with van der Waals surface area (Å²) in [5.74, 6) is 14.6. The SMILES string of the molecule is CC(=O)c1nc(N)c2ccccc2n1.Cc1nc(N(C)C)c2ccccc2n1.Cc1nc(N)c2ccccc2n1.N=N.N=O.NNc1nc(N)c2ccccc2n1.NOc1nc(N)c2ccccc2n1. The molecule has 358 valence electrons. The van der Waals surface area contributed by atoms with E-state index in [1.165, 1.54) is 6.92 Å². The molecule has 5 aromatic heterocycles. The Kier molecular flexibility index (Phi) is 19.4. The number of rotatable bonds is 4. The van der Waals surface area contributed by atoms with E-state index in [0.717, 1.165) is 60.6 Å². The lowest BCUT2D eigenvalue weighted by molar-refractivity contribution is 0.100. The first-order valence-electron chi connectivity index (χ1n) is 20.5. The highest BCUT2D eigenvalue weighted by Gasteiger charge is 2.09. The molecule has 0 saturated carbocycles. The first-order valence-corrected chi connectivity index (χ1v) is 20.5. The zero-order chi connectivity index (χ0) is 51.3. The van der Waals surface area contributed by atoms with Gasteiger partial charge >= 0.3 is 6.01 Å². The van der Waals surface area contributed by atoms with E-state index in [-0.39, 0.29) is 17.6 Å². The molecule has 70 heavy (non-hydrogen) atoms. The molecule has 10 aromatic rings. The molecule has 0 spiro atoms. The number of nitrogens with zero attached hydrogens (tertiary/aromatic N) is 11. The van der Waals surface area contributed by atoms with Crippen LogP contribution in [0.25, 0.3) is 54.5 Å². The summed E-state index contributed by atoms with van der Waals surface area (Å²) in [5, 5.41) is 4.42. The zero-order valence-electron chi connectivity index (χ0n) is 38.7. The molecule has 10 rings (SSSR count). The largest absolute Gasteiger partial charge is 0.383 e. The summed E-state index contributed by atoms with van der Waals surface area (Å²) in [6.07, 6.45) is 0. The van der Waals surface area contributed by atoms with Gasteiger partial charge in [-0.25, -0.2) is 51.8 Å². The van der Waals surface area contributed by atoms with Gasteiger partial charge in [-0.2, -0.15) is 25.8 Å². The molecule has 0 unspecified atom stereocenters.